The third kappa shape index (κ3) is 1.70. The van der Waals surface area contributed by atoms with Crippen molar-refractivity contribution in [1.29, 1.82) is 0 Å². The molecule has 2 heterocycles. The second kappa shape index (κ2) is 4.29. The van der Waals surface area contributed by atoms with Gasteiger partial charge in [-0.1, -0.05) is 25.5 Å². The van der Waals surface area contributed by atoms with Crippen LogP contribution in [0.4, 0.5) is 5.82 Å². The van der Waals surface area contributed by atoms with E-state index in [1.807, 2.05) is 28.7 Å². The number of anilines is 1. The van der Waals surface area contributed by atoms with Gasteiger partial charge in [0.05, 0.1) is 16.7 Å². The molecule has 2 N–H and O–H groups in total. The summed E-state index contributed by atoms with van der Waals surface area (Å²) in [4.78, 5) is 8.97. The van der Waals surface area contributed by atoms with E-state index in [1.54, 1.807) is 0 Å². The molecular weight excluding hydrogens is 224 g/mol. The van der Waals surface area contributed by atoms with Crippen molar-refractivity contribution in [3.8, 4) is 0 Å². The van der Waals surface area contributed by atoms with Crippen molar-refractivity contribution in [3.05, 3.63) is 36.2 Å². The number of fused-ring (bicyclic) bond motifs is 3. The van der Waals surface area contributed by atoms with Gasteiger partial charge >= 0.3 is 0 Å². The van der Waals surface area contributed by atoms with Crippen LogP contribution in [0.3, 0.4) is 0 Å². The fraction of sp³-hybridized carbons (Fsp3) is 0.286. The average molecular weight is 240 g/mol. The first-order chi connectivity index (χ1) is 8.79. The molecule has 0 aliphatic rings. The van der Waals surface area contributed by atoms with Crippen LogP contribution in [0.5, 0.6) is 0 Å². The maximum absolute atomic E-state index is 5.97. The first-order valence-corrected chi connectivity index (χ1v) is 6.32. The Morgan fingerprint density at radius 3 is 2.89 bits per heavy atom. The first kappa shape index (κ1) is 11.0. The van der Waals surface area contributed by atoms with Crippen LogP contribution < -0.4 is 5.73 Å². The Kier molecular flexibility index (Phi) is 2.63. The second-order valence-electron chi connectivity index (χ2n) is 4.52. The zero-order valence-corrected chi connectivity index (χ0v) is 10.4. The lowest BCUT2D eigenvalue weighted by molar-refractivity contribution is 0.781. The van der Waals surface area contributed by atoms with Gasteiger partial charge in [0.1, 0.15) is 0 Å². The lowest BCUT2D eigenvalue weighted by atomic mass is 10.2. The lowest BCUT2D eigenvalue weighted by Gasteiger charge is -2.02. The molecule has 0 unspecified atom stereocenters. The Labute approximate surface area is 105 Å². The molecule has 3 rings (SSSR count). The number of hydrogen-bond acceptors (Lipinski definition) is 3. The number of para-hydroxylation sites is 2. The highest BCUT2D eigenvalue weighted by Crippen LogP contribution is 2.20. The molecule has 0 saturated heterocycles. The Bertz CT molecular complexity index is 699. The Balaban J connectivity index is 2.24. The van der Waals surface area contributed by atoms with Gasteiger partial charge in [-0.15, -0.1) is 0 Å². The maximum atomic E-state index is 5.97. The van der Waals surface area contributed by atoms with Gasteiger partial charge in [0.15, 0.2) is 11.5 Å². The van der Waals surface area contributed by atoms with Gasteiger partial charge in [-0.25, -0.2) is 9.97 Å². The van der Waals surface area contributed by atoms with Crippen molar-refractivity contribution in [1.82, 2.24) is 14.4 Å². The third-order valence-electron chi connectivity index (χ3n) is 3.15. The number of unbranched alkanes of at least 4 members (excludes halogenated alkanes) is 1. The first-order valence-electron chi connectivity index (χ1n) is 6.32. The van der Waals surface area contributed by atoms with E-state index in [-0.39, 0.29) is 0 Å². The minimum atomic E-state index is 0.497. The van der Waals surface area contributed by atoms with Crippen LogP contribution in [0, 0.1) is 0 Å². The van der Waals surface area contributed by atoms with Gasteiger partial charge in [0.2, 0.25) is 0 Å². The van der Waals surface area contributed by atoms with Gasteiger partial charge in [0.25, 0.3) is 0 Å². The minimum absolute atomic E-state index is 0.497. The fourth-order valence-corrected chi connectivity index (χ4v) is 2.21. The predicted octanol–water partition coefficient (Wildman–Crippen LogP) is 2.81. The van der Waals surface area contributed by atoms with Crippen molar-refractivity contribution >= 4 is 22.5 Å². The van der Waals surface area contributed by atoms with Crippen LogP contribution in [0.1, 0.15) is 25.5 Å². The molecule has 0 saturated carbocycles. The Morgan fingerprint density at radius 1 is 1.22 bits per heavy atom. The number of benzene rings is 1. The highest BCUT2D eigenvalue weighted by Gasteiger charge is 2.09. The summed E-state index contributed by atoms with van der Waals surface area (Å²) < 4.78 is 2.04. The zero-order chi connectivity index (χ0) is 12.5. The monoisotopic (exact) mass is 240 g/mol. The van der Waals surface area contributed by atoms with E-state index < -0.39 is 0 Å². The number of imidazole rings is 1. The largest absolute Gasteiger partial charge is 0.381 e. The van der Waals surface area contributed by atoms with Crippen LogP contribution in [-0.4, -0.2) is 14.4 Å². The lowest BCUT2D eigenvalue weighted by Crippen LogP contribution is -1.97. The molecule has 0 atom stereocenters. The third-order valence-corrected chi connectivity index (χ3v) is 3.15. The van der Waals surface area contributed by atoms with E-state index in [9.17, 15) is 0 Å². The fourth-order valence-electron chi connectivity index (χ4n) is 2.21. The van der Waals surface area contributed by atoms with Crippen molar-refractivity contribution in [2.45, 2.75) is 26.2 Å². The standard InChI is InChI=1S/C14H16N4/c1-2-3-6-10-9-18-12-8-5-4-7-11(12)17-13(15)14(18)16-10/h4-5,7-9H,2-3,6H2,1H3,(H2,15,17). The zero-order valence-electron chi connectivity index (χ0n) is 10.4. The molecule has 92 valence electrons. The van der Waals surface area contributed by atoms with Gasteiger partial charge < -0.3 is 5.73 Å². The molecule has 2 aromatic heterocycles. The van der Waals surface area contributed by atoms with Gasteiger partial charge in [0, 0.05) is 6.20 Å². The molecule has 0 amide bonds. The summed E-state index contributed by atoms with van der Waals surface area (Å²) in [6.07, 6.45) is 5.38. The summed E-state index contributed by atoms with van der Waals surface area (Å²) in [6, 6.07) is 7.98. The number of nitrogens with two attached hydrogens (primary N) is 1. The van der Waals surface area contributed by atoms with E-state index in [4.69, 9.17) is 5.73 Å². The number of aromatic nitrogens is 3. The molecule has 0 spiro atoms. The number of aryl methyl sites for hydroxylation is 1. The second-order valence-corrected chi connectivity index (χ2v) is 4.52. The molecule has 0 fully saturated rings. The number of nitrogen functional groups attached to an aromatic ring is 1. The molecule has 0 radical (unpaired) electrons. The minimum Gasteiger partial charge on any atom is -0.381 e. The quantitative estimate of drug-likeness (QED) is 0.765. The summed E-state index contributed by atoms with van der Waals surface area (Å²) in [5, 5.41) is 0. The van der Waals surface area contributed by atoms with E-state index in [1.165, 1.54) is 6.42 Å². The van der Waals surface area contributed by atoms with Crippen molar-refractivity contribution in [3.63, 3.8) is 0 Å². The molecule has 3 aromatic rings. The van der Waals surface area contributed by atoms with E-state index >= 15 is 0 Å². The summed E-state index contributed by atoms with van der Waals surface area (Å²) in [6.45, 7) is 2.18. The Hall–Kier alpha value is -2.10. The van der Waals surface area contributed by atoms with E-state index in [0.29, 0.717) is 5.82 Å². The summed E-state index contributed by atoms with van der Waals surface area (Å²) >= 11 is 0. The van der Waals surface area contributed by atoms with E-state index in [2.05, 4.69) is 23.1 Å². The molecule has 4 heteroatoms. The van der Waals surface area contributed by atoms with Crippen LogP contribution in [-0.2, 0) is 6.42 Å². The average Bonchev–Trinajstić information content (AvgIpc) is 2.81. The number of hydrogen-bond donors (Lipinski definition) is 1. The molecular formula is C14H16N4. The topological polar surface area (TPSA) is 56.2 Å². The molecule has 4 nitrogen and oxygen atoms in total. The summed E-state index contributed by atoms with van der Waals surface area (Å²) in [5.74, 6) is 0.497. The highest BCUT2D eigenvalue weighted by atomic mass is 15.1. The highest BCUT2D eigenvalue weighted by molar-refractivity contribution is 5.82. The van der Waals surface area contributed by atoms with Crippen LogP contribution >= 0.6 is 0 Å². The van der Waals surface area contributed by atoms with Gasteiger partial charge in [-0.2, -0.15) is 0 Å². The van der Waals surface area contributed by atoms with Crippen molar-refractivity contribution in [2.24, 2.45) is 0 Å². The smallest absolute Gasteiger partial charge is 0.180 e. The molecule has 0 aliphatic carbocycles. The predicted molar refractivity (Wildman–Crippen MR) is 73.5 cm³/mol. The molecule has 18 heavy (non-hydrogen) atoms. The van der Waals surface area contributed by atoms with Crippen LogP contribution in [0.25, 0.3) is 16.7 Å². The molecule has 0 aliphatic heterocycles. The summed E-state index contributed by atoms with van der Waals surface area (Å²) in [7, 11) is 0. The summed E-state index contributed by atoms with van der Waals surface area (Å²) in [5.41, 5.74) is 9.78. The van der Waals surface area contributed by atoms with Gasteiger partial charge in [-0.05, 0) is 25.0 Å². The SMILES string of the molecule is CCCCc1cn2c(n1)c(N)nc1ccccc12. The van der Waals surface area contributed by atoms with Crippen LogP contribution in [0.15, 0.2) is 30.5 Å². The van der Waals surface area contributed by atoms with Gasteiger partial charge in [-0.3, -0.25) is 4.40 Å². The normalized spacial score (nSPS) is 11.4. The van der Waals surface area contributed by atoms with Crippen molar-refractivity contribution < 1.29 is 0 Å². The van der Waals surface area contributed by atoms with Crippen molar-refractivity contribution in [2.75, 3.05) is 5.73 Å². The van der Waals surface area contributed by atoms with Crippen LogP contribution in [0.2, 0.25) is 0 Å². The Morgan fingerprint density at radius 2 is 2.06 bits per heavy atom. The molecule has 1 aromatic carbocycles. The number of nitrogens with zero attached hydrogens (tertiary/aromatic N) is 3. The molecule has 0 bridgehead atoms. The number of rotatable bonds is 3. The van der Waals surface area contributed by atoms with E-state index in [0.717, 1.165) is 35.2 Å². The maximum Gasteiger partial charge on any atom is 0.180 e.